The minimum absolute atomic E-state index is 0.370. The Bertz CT molecular complexity index is 839. The summed E-state index contributed by atoms with van der Waals surface area (Å²) in [4.78, 5) is 35.9. The number of phenolic OH excluding ortho intramolecular Hbond substituents is 2. The summed E-state index contributed by atoms with van der Waals surface area (Å²) >= 11 is 0. The van der Waals surface area contributed by atoms with Crippen molar-refractivity contribution in [3.05, 3.63) is 33.4 Å². The molecule has 0 spiro atoms. The van der Waals surface area contributed by atoms with Gasteiger partial charge >= 0.3 is 5.69 Å². The topological polar surface area (TPSA) is 168 Å². The Kier molecular flexibility index (Phi) is 6.10. The van der Waals surface area contributed by atoms with Gasteiger partial charge in [0.1, 0.15) is 11.8 Å². The number of carbonyl (C=O) groups is 2. The lowest BCUT2D eigenvalue weighted by Gasteiger charge is -2.19. The van der Waals surface area contributed by atoms with E-state index in [1.54, 1.807) is 0 Å². The number of aliphatic hydroxyl groups excluding tert-OH is 1. The highest BCUT2D eigenvalue weighted by atomic mass is 16.6. The lowest BCUT2D eigenvalue weighted by molar-refractivity contribution is -0.386. The van der Waals surface area contributed by atoms with Crippen molar-refractivity contribution >= 4 is 23.3 Å². The van der Waals surface area contributed by atoms with Gasteiger partial charge in [-0.25, -0.2) is 0 Å². The van der Waals surface area contributed by atoms with Crippen LogP contribution in [0.3, 0.4) is 0 Å². The summed E-state index contributed by atoms with van der Waals surface area (Å²) in [7, 11) is 4.17. The first-order valence-corrected chi connectivity index (χ1v) is 7.00. The van der Waals surface area contributed by atoms with Gasteiger partial charge in [0.2, 0.25) is 11.7 Å². The zero-order chi connectivity index (χ0) is 20.2. The van der Waals surface area contributed by atoms with Gasteiger partial charge in [0.15, 0.2) is 11.3 Å². The van der Waals surface area contributed by atoms with Crippen molar-refractivity contribution in [1.82, 2.24) is 9.80 Å². The van der Waals surface area contributed by atoms with Crippen molar-refractivity contribution in [3.8, 4) is 17.6 Å². The van der Waals surface area contributed by atoms with Gasteiger partial charge in [-0.05, 0) is 6.07 Å². The Morgan fingerprint density at radius 2 is 1.85 bits per heavy atom. The van der Waals surface area contributed by atoms with Crippen molar-refractivity contribution in [2.45, 2.75) is 0 Å². The van der Waals surface area contributed by atoms with Crippen LogP contribution in [0.2, 0.25) is 0 Å². The number of phenols is 2. The number of likely N-dealkylation sites (N-methyl/N-ethyl adjacent to an activating group) is 2. The molecule has 1 aromatic rings. The predicted octanol–water partition coefficient (Wildman–Crippen LogP) is 0.345. The zero-order valence-corrected chi connectivity index (χ0v) is 14.1. The maximum absolute atomic E-state index is 12.3. The molecule has 0 bridgehead atoms. The molecule has 0 atom stereocenters. The molecular weight excluding hydrogens is 348 g/mol. The number of nitriles is 1. The molecule has 138 valence electrons. The molecule has 0 radical (unpaired) electrons. The normalized spacial score (nSPS) is 11.2. The summed E-state index contributed by atoms with van der Waals surface area (Å²) in [6.07, 6.45) is 0. The van der Waals surface area contributed by atoms with E-state index in [9.17, 15) is 35.0 Å². The molecule has 0 aliphatic carbocycles. The largest absolute Gasteiger partial charge is 0.506 e. The molecule has 0 saturated carbocycles. The van der Waals surface area contributed by atoms with E-state index in [1.807, 2.05) is 0 Å². The average Bonchev–Trinajstić information content (AvgIpc) is 2.56. The van der Waals surface area contributed by atoms with Crippen LogP contribution in [0.4, 0.5) is 5.69 Å². The molecule has 11 heteroatoms. The number of nitro groups is 1. The third kappa shape index (κ3) is 4.18. The molecule has 1 aromatic carbocycles. The summed E-state index contributed by atoms with van der Waals surface area (Å²) in [5.41, 5.74) is -2.14. The van der Waals surface area contributed by atoms with E-state index < -0.39 is 50.8 Å². The van der Waals surface area contributed by atoms with Gasteiger partial charge in [0, 0.05) is 32.8 Å². The number of carbonyl (C=O) groups excluding carboxylic acids is 2. The quantitative estimate of drug-likeness (QED) is 0.168. The molecule has 2 amide bonds. The molecule has 0 saturated heterocycles. The van der Waals surface area contributed by atoms with Gasteiger partial charge in [0.25, 0.3) is 5.91 Å². The Balaban J connectivity index is 3.36. The van der Waals surface area contributed by atoms with Gasteiger partial charge in [-0.15, -0.1) is 0 Å². The second-order valence-electron chi connectivity index (χ2n) is 5.41. The summed E-state index contributed by atoms with van der Waals surface area (Å²) in [5, 5.41) is 49.2. The number of nitro benzene ring substituents is 1. The predicted molar refractivity (Wildman–Crippen MR) is 87.9 cm³/mol. The standard InChI is InChI=1S/C15H16N4O7/c1-17(2)12(21)7-18(3)15(24)9(6-16)13(22)8-4-10(19(25)26)14(23)11(20)5-8/h4-5,20,22-23H,7H2,1-3H3/b13-9-. The van der Waals surface area contributed by atoms with Gasteiger partial charge in [-0.3, -0.25) is 19.7 Å². The second-order valence-corrected chi connectivity index (χ2v) is 5.41. The molecule has 0 heterocycles. The minimum atomic E-state index is -1.02. The zero-order valence-electron chi connectivity index (χ0n) is 14.1. The molecular formula is C15H16N4O7. The maximum atomic E-state index is 12.3. The van der Waals surface area contributed by atoms with Crippen molar-refractivity contribution in [2.75, 3.05) is 27.7 Å². The van der Waals surface area contributed by atoms with E-state index in [-0.39, 0.29) is 6.54 Å². The number of aliphatic hydroxyl groups is 1. The van der Waals surface area contributed by atoms with E-state index in [1.165, 1.54) is 32.1 Å². The second kappa shape index (κ2) is 7.84. The van der Waals surface area contributed by atoms with Crippen LogP contribution in [0, 0.1) is 21.4 Å². The van der Waals surface area contributed by atoms with E-state index in [4.69, 9.17) is 5.26 Å². The summed E-state index contributed by atoms with van der Waals surface area (Å²) in [6.45, 7) is -0.370. The van der Waals surface area contributed by atoms with Crippen LogP contribution in [0.1, 0.15) is 5.56 Å². The van der Waals surface area contributed by atoms with Crippen LogP contribution in [0.15, 0.2) is 17.7 Å². The van der Waals surface area contributed by atoms with E-state index >= 15 is 0 Å². The molecule has 0 fully saturated rings. The highest BCUT2D eigenvalue weighted by Crippen LogP contribution is 2.38. The molecule has 11 nitrogen and oxygen atoms in total. The number of aromatic hydroxyl groups is 2. The number of rotatable bonds is 5. The number of hydrogen-bond acceptors (Lipinski definition) is 8. The summed E-state index contributed by atoms with van der Waals surface area (Å²) in [6, 6.07) is 2.92. The average molecular weight is 364 g/mol. The third-order valence-electron chi connectivity index (χ3n) is 3.32. The van der Waals surface area contributed by atoms with Gasteiger partial charge < -0.3 is 25.1 Å². The van der Waals surface area contributed by atoms with Crippen molar-refractivity contribution < 1.29 is 29.8 Å². The summed E-state index contributed by atoms with van der Waals surface area (Å²) < 4.78 is 0. The smallest absolute Gasteiger partial charge is 0.315 e. The molecule has 0 aliphatic rings. The van der Waals surface area contributed by atoms with Gasteiger partial charge in [-0.1, -0.05) is 0 Å². The van der Waals surface area contributed by atoms with Crippen LogP contribution in [0.25, 0.3) is 5.76 Å². The molecule has 0 unspecified atom stereocenters. The van der Waals surface area contributed by atoms with Crippen molar-refractivity contribution in [1.29, 1.82) is 5.26 Å². The van der Waals surface area contributed by atoms with Crippen LogP contribution < -0.4 is 0 Å². The molecule has 0 aromatic heterocycles. The highest BCUT2D eigenvalue weighted by molar-refractivity contribution is 6.04. The number of benzene rings is 1. The van der Waals surface area contributed by atoms with Crippen LogP contribution >= 0.6 is 0 Å². The first kappa shape index (κ1) is 20.2. The monoisotopic (exact) mass is 364 g/mol. The van der Waals surface area contributed by atoms with E-state index in [2.05, 4.69) is 0 Å². The Morgan fingerprint density at radius 1 is 1.27 bits per heavy atom. The maximum Gasteiger partial charge on any atom is 0.315 e. The van der Waals surface area contributed by atoms with Crippen molar-refractivity contribution in [2.24, 2.45) is 0 Å². The number of nitrogens with zero attached hydrogens (tertiary/aromatic N) is 4. The lowest BCUT2D eigenvalue weighted by atomic mass is 10.1. The van der Waals surface area contributed by atoms with Gasteiger partial charge in [0.05, 0.1) is 11.5 Å². The van der Waals surface area contributed by atoms with E-state index in [0.29, 0.717) is 6.07 Å². The first-order valence-electron chi connectivity index (χ1n) is 7.00. The first-order chi connectivity index (χ1) is 12.0. The van der Waals surface area contributed by atoms with Crippen LogP contribution in [-0.4, -0.2) is 69.5 Å². The fourth-order valence-electron chi connectivity index (χ4n) is 1.83. The molecule has 3 N–H and O–H groups in total. The Morgan fingerprint density at radius 3 is 2.31 bits per heavy atom. The van der Waals surface area contributed by atoms with Crippen molar-refractivity contribution in [3.63, 3.8) is 0 Å². The third-order valence-corrected chi connectivity index (χ3v) is 3.32. The molecule has 0 aliphatic heterocycles. The summed E-state index contributed by atoms with van der Waals surface area (Å²) in [5.74, 6) is -4.32. The highest BCUT2D eigenvalue weighted by Gasteiger charge is 2.26. The fraction of sp³-hybridized carbons (Fsp3) is 0.267. The molecule has 1 rings (SSSR count). The van der Waals surface area contributed by atoms with Crippen LogP contribution in [-0.2, 0) is 9.59 Å². The lowest BCUT2D eigenvalue weighted by Crippen LogP contribution is -2.38. The Labute approximate surface area is 147 Å². The minimum Gasteiger partial charge on any atom is -0.506 e. The number of hydrogen-bond donors (Lipinski definition) is 3. The molecule has 26 heavy (non-hydrogen) atoms. The van der Waals surface area contributed by atoms with E-state index in [0.717, 1.165) is 11.0 Å². The SMILES string of the molecule is CN(C)C(=O)CN(C)C(=O)/C(C#N)=C(\O)c1cc(O)c(O)c([N+](=O)[O-])c1. The Hall–Kier alpha value is -3.81. The number of amides is 2. The fourth-order valence-corrected chi connectivity index (χ4v) is 1.83. The van der Waals surface area contributed by atoms with Crippen LogP contribution in [0.5, 0.6) is 11.5 Å². The van der Waals surface area contributed by atoms with Gasteiger partial charge in [-0.2, -0.15) is 5.26 Å².